The van der Waals surface area contributed by atoms with Gasteiger partial charge < -0.3 is 19.5 Å². The van der Waals surface area contributed by atoms with Crippen LogP contribution in [0.25, 0.3) is 0 Å². The van der Waals surface area contributed by atoms with E-state index in [1.165, 1.54) is 19.4 Å². The summed E-state index contributed by atoms with van der Waals surface area (Å²) in [5.74, 6) is -1.56. The summed E-state index contributed by atoms with van der Waals surface area (Å²) >= 11 is 0. The first-order valence-corrected chi connectivity index (χ1v) is 8.68. The fourth-order valence-electron chi connectivity index (χ4n) is 2.10. The Bertz CT molecular complexity index is 618. The maximum Gasteiger partial charge on any atom is 0.339 e. The molecule has 1 aromatic rings. The number of esters is 2. The van der Waals surface area contributed by atoms with E-state index in [9.17, 15) is 14.4 Å². The highest BCUT2D eigenvalue weighted by molar-refractivity contribution is 5.98. The third kappa shape index (κ3) is 7.08. The molecule has 0 aliphatic heterocycles. The van der Waals surface area contributed by atoms with Crippen LogP contribution in [0.1, 0.15) is 60.4 Å². The summed E-state index contributed by atoms with van der Waals surface area (Å²) in [5.41, 5.74) is 0.142. The number of pyridine rings is 1. The number of hydrogen-bond donors (Lipinski definition) is 1. The Kier molecular flexibility index (Phi) is 9.74. The molecular formula is C18H26N2O6. The number of amides is 1. The minimum atomic E-state index is -0.597. The molecule has 1 heterocycles. The molecule has 26 heavy (non-hydrogen) atoms. The first-order valence-electron chi connectivity index (χ1n) is 8.68. The molecular weight excluding hydrogens is 340 g/mol. The highest BCUT2D eigenvalue weighted by Gasteiger charge is 2.18. The second-order valence-corrected chi connectivity index (χ2v) is 5.46. The van der Waals surface area contributed by atoms with Crippen LogP contribution in [0.15, 0.2) is 12.3 Å². The lowest BCUT2D eigenvalue weighted by Crippen LogP contribution is -2.31. The number of aromatic nitrogens is 1. The summed E-state index contributed by atoms with van der Waals surface area (Å²) in [6.45, 7) is 4.09. The third-order valence-corrected chi connectivity index (χ3v) is 3.45. The Labute approximate surface area is 153 Å². The van der Waals surface area contributed by atoms with E-state index in [0.717, 1.165) is 25.7 Å². The lowest BCUT2D eigenvalue weighted by molar-refractivity contribution is -0.142. The van der Waals surface area contributed by atoms with Crippen LogP contribution in [-0.4, -0.2) is 49.7 Å². The fourth-order valence-corrected chi connectivity index (χ4v) is 2.10. The fraction of sp³-hybridized carbons (Fsp3) is 0.556. The van der Waals surface area contributed by atoms with Crippen molar-refractivity contribution in [1.82, 2.24) is 10.3 Å². The minimum absolute atomic E-state index is 0.0312. The summed E-state index contributed by atoms with van der Waals surface area (Å²) in [4.78, 5) is 39.4. The van der Waals surface area contributed by atoms with E-state index in [4.69, 9.17) is 14.2 Å². The first-order chi connectivity index (χ1) is 12.5. The zero-order valence-corrected chi connectivity index (χ0v) is 15.5. The van der Waals surface area contributed by atoms with E-state index < -0.39 is 17.8 Å². The second kappa shape index (κ2) is 11.8. The second-order valence-electron chi connectivity index (χ2n) is 5.46. The van der Waals surface area contributed by atoms with Gasteiger partial charge in [0.25, 0.3) is 5.91 Å². The van der Waals surface area contributed by atoms with Gasteiger partial charge in [-0.3, -0.25) is 9.59 Å². The average molecular weight is 366 g/mol. The molecule has 0 aliphatic rings. The molecule has 1 N–H and O–H groups in total. The number of carbonyl (C=O) groups excluding carboxylic acids is 3. The zero-order valence-electron chi connectivity index (χ0n) is 15.5. The van der Waals surface area contributed by atoms with Gasteiger partial charge in [0.15, 0.2) is 11.4 Å². The van der Waals surface area contributed by atoms with Crippen molar-refractivity contribution in [2.24, 2.45) is 0 Å². The molecule has 1 aromatic heterocycles. The average Bonchev–Trinajstić information content (AvgIpc) is 2.65. The van der Waals surface area contributed by atoms with Crippen molar-refractivity contribution in [1.29, 1.82) is 0 Å². The number of rotatable bonds is 11. The van der Waals surface area contributed by atoms with Gasteiger partial charge >= 0.3 is 11.9 Å². The van der Waals surface area contributed by atoms with Crippen LogP contribution in [0.5, 0.6) is 5.75 Å². The zero-order chi connectivity index (χ0) is 19.4. The molecule has 0 aromatic carbocycles. The number of ether oxygens (including phenoxy) is 3. The van der Waals surface area contributed by atoms with Crippen LogP contribution < -0.4 is 10.1 Å². The van der Waals surface area contributed by atoms with Gasteiger partial charge in [-0.2, -0.15) is 0 Å². The maximum atomic E-state index is 12.2. The van der Waals surface area contributed by atoms with E-state index in [-0.39, 0.29) is 30.2 Å². The van der Waals surface area contributed by atoms with Crippen molar-refractivity contribution >= 4 is 17.8 Å². The number of hydrogen-bond acceptors (Lipinski definition) is 7. The quantitative estimate of drug-likeness (QED) is 0.472. The monoisotopic (exact) mass is 366 g/mol. The van der Waals surface area contributed by atoms with Crippen LogP contribution in [0, 0.1) is 0 Å². The van der Waals surface area contributed by atoms with Gasteiger partial charge in [0.1, 0.15) is 6.54 Å². The smallest absolute Gasteiger partial charge is 0.339 e. The summed E-state index contributed by atoms with van der Waals surface area (Å²) in [6.07, 6.45) is 5.24. The molecule has 0 aliphatic carbocycles. The van der Waals surface area contributed by atoms with Crippen LogP contribution >= 0.6 is 0 Å². The van der Waals surface area contributed by atoms with Crippen LogP contribution in [-0.2, 0) is 14.3 Å². The topological polar surface area (TPSA) is 104 Å². The molecule has 0 bridgehead atoms. The van der Waals surface area contributed by atoms with Gasteiger partial charge in [-0.1, -0.05) is 26.2 Å². The Morgan fingerprint density at radius 1 is 1.12 bits per heavy atom. The van der Waals surface area contributed by atoms with Gasteiger partial charge in [-0.25, -0.2) is 9.78 Å². The van der Waals surface area contributed by atoms with E-state index in [1.54, 1.807) is 6.92 Å². The number of unbranched alkanes of at least 4 members (excludes halogenated alkanes) is 3. The largest absolute Gasteiger partial charge is 0.494 e. The predicted molar refractivity (Wildman–Crippen MR) is 94.2 cm³/mol. The predicted octanol–water partition coefficient (Wildman–Crippen LogP) is 2.12. The van der Waals surface area contributed by atoms with Gasteiger partial charge in [0.2, 0.25) is 0 Å². The summed E-state index contributed by atoms with van der Waals surface area (Å²) in [5, 5.41) is 2.43. The molecule has 8 nitrogen and oxygen atoms in total. The van der Waals surface area contributed by atoms with Crippen molar-refractivity contribution in [3.05, 3.63) is 23.5 Å². The Morgan fingerprint density at radius 2 is 1.88 bits per heavy atom. The maximum absolute atomic E-state index is 12.2. The van der Waals surface area contributed by atoms with Crippen LogP contribution in [0.3, 0.4) is 0 Å². The van der Waals surface area contributed by atoms with E-state index >= 15 is 0 Å². The molecule has 0 radical (unpaired) electrons. The van der Waals surface area contributed by atoms with Crippen LogP contribution in [0.4, 0.5) is 0 Å². The lowest BCUT2D eigenvalue weighted by Gasteiger charge is -2.10. The number of nitrogens with one attached hydrogen (secondary N) is 1. The molecule has 0 unspecified atom stereocenters. The lowest BCUT2D eigenvalue weighted by atomic mass is 10.2. The summed E-state index contributed by atoms with van der Waals surface area (Å²) in [7, 11) is 1.35. The molecule has 1 rings (SSSR count). The van der Waals surface area contributed by atoms with Crippen molar-refractivity contribution in [2.45, 2.75) is 39.5 Å². The Hall–Kier alpha value is -2.64. The van der Waals surface area contributed by atoms with Gasteiger partial charge in [0, 0.05) is 6.20 Å². The molecule has 0 atom stereocenters. The highest BCUT2D eigenvalue weighted by atomic mass is 16.5. The first kappa shape index (κ1) is 21.4. The summed E-state index contributed by atoms with van der Waals surface area (Å²) in [6, 6.07) is 1.37. The van der Waals surface area contributed by atoms with Gasteiger partial charge in [-0.05, 0) is 19.4 Å². The van der Waals surface area contributed by atoms with Gasteiger partial charge in [-0.15, -0.1) is 0 Å². The Balaban J connectivity index is 2.56. The van der Waals surface area contributed by atoms with Crippen molar-refractivity contribution < 1.29 is 28.6 Å². The van der Waals surface area contributed by atoms with Crippen molar-refractivity contribution in [2.75, 3.05) is 26.9 Å². The molecule has 0 spiro atoms. The molecule has 0 saturated heterocycles. The van der Waals surface area contributed by atoms with E-state index in [1.807, 2.05) is 0 Å². The van der Waals surface area contributed by atoms with Gasteiger partial charge in [0.05, 0.1) is 25.9 Å². The molecule has 1 amide bonds. The molecule has 8 heteroatoms. The van der Waals surface area contributed by atoms with E-state index in [0.29, 0.717) is 6.61 Å². The highest BCUT2D eigenvalue weighted by Crippen LogP contribution is 2.18. The molecule has 144 valence electrons. The number of carbonyl (C=O) groups is 3. The Morgan fingerprint density at radius 3 is 2.54 bits per heavy atom. The number of methoxy groups -OCH3 is 1. The normalized spacial score (nSPS) is 10.1. The standard InChI is InChI=1S/C18H26N2O6/c1-4-6-7-8-9-26-15(21)12-20-17(22)16-14(24-3)10-13(11-19-16)18(23)25-5-2/h10-11H,4-9,12H2,1-3H3,(H,20,22). The minimum Gasteiger partial charge on any atom is -0.494 e. The van der Waals surface area contributed by atoms with Crippen molar-refractivity contribution in [3.63, 3.8) is 0 Å². The molecule has 0 fully saturated rings. The van der Waals surface area contributed by atoms with E-state index in [2.05, 4.69) is 17.2 Å². The SMILES string of the molecule is CCCCCCOC(=O)CNC(=O)c1ncc(C(=O)OCC)cc1OC. The summed E-state index contributed by atoms with van der Waals surface area (Å²) < 4.78 is 15.0. The van der Waals surface area contributed by atoms with Crippen molar-refractivity contribution in [3.8, 4) is 5.75 Å². The molecule has 0 saturated carbocycles. The third-order valence-electron chi connectivity index (χ3n) is 3.45. The van der Waals surface area contributed by atoms with Crippen LogP contribution in [0.2, 0.25) is 0 Å². The number of nitrogens with zero attached hydrogens (tertiary/aromatic N) is 1.